The average Bonchev–Trinajstić information content (AvgIpc) is 3.23. The van der Waals surface area contributed by atoms with Crippen molar-refractivity contribution in [1.29, 1.82) is 5.26 Å². The van der Waals surface area contributed by atoms with E-state index in [0.717, 1.165) is 22.3 Å². The minimum Gasteiger partial charge on any atom is -0.438 e. The highest BCUT2D eigenvalue weighted by atomic mass is 16.6. The van der Waals surface area contributed by atoms with Crippen LogP contribution in [-0.4, -0.2) is 12.5 Å². The highest BCUT2D eigenvalue weighted by Crippen LogP contribution is 2.41. The molecule has 1 amide bonds. The van der Waals surface area contributed by atoms with E-state index in [9.17, 15) is 10.1 Å². The van der Waals surface area contributed by atoms with Crippen molar-refractivity contribution in [1.82, 2.24) is 5.48 Å². The summed E-state index contributed by atoms with van der Waals surface area (Å²) in [6, 6.07) is 28.8. The minimum atomic E-state index is -0.478. The summed E-state index contributed by atoms with van der Waals surface area (Å²) in [6.07, 6.45) is 0. The lowest BCUT2D eigenvalue weighted by Gasteiger charge is -2.10. The Bertz CT molecular complexity index is 1340. The third-order valence-electron chi connectivity index (χ3n) is 5.17. The lowest BCUT2D eigenvalue weighted by atomic mass is 9.98. The second-order valence-corrected chi connectivity index (χ2v) is 7.64. The van der Waals surface area contributed by atoms with Crippen LogP contribution < -0.4 is 10.8 Å². The molecule has 0 fully saturated rings. The molecule has 168 valence electrons. The number of rotatable bonds is 8. The average molecular weight is 450 g/mol. The maximum atomic E-state index is 12.6. The molecule has 4 rings (SSSR count). The number of carbonyl (C=O) groups is 1. The maximum Gasteiger partial charge on any atom is 0.255 e. The van der Waals surface area contributed by atoms with Crippen molar-refractivity contribution in [3.63, 3.8) is 0 Å². The van der Waals surface area contributed by atoms with Gasteiger partial charge in [0.2, 0.25) is 5.88 Å². The Labute approximate surface area is 198 Å². The molecule has 0 spiro atoms. The summed E-state index contributed by atoms with van der Waals surface area (Å²) in [5, 5.41) is 12.6. The number of hydroxylamine groups is 1. The number of nitrogens with one attached hydrogen (secondary N) is 2. The molecular formula is C28H23N3O3. The van der Waals surface area contributed by atoms with Crippen LogP contribution >= 0.6 is 0 Å². The van der Waals surface area contributed by atoms with Crippen LogP contribution in [0.15, 0.2) is 95.9 Å². The molecule has 6 nitrogen and oxygen atoms in total. The first-order valence-electron chi connectivity index (χ1n) is 10.7. The van der Waals surface area contributed by atoms with E-state index in [2.05, 4.69) is 23.4 Å². The van der Waals surface area contributed by atoms with Gasteiger partial charge in [-0.25, -0.2) is 0 Å². The van der Waals surface area contributed by atoms with E-state index in [4.69, 9.17) is 9.25 Å². The number of nitriles is 1. The fourth-order valence-corrected chi connectivity index (χ4v) is 3.46. The Balaban J connectivity index is 1.52. The zero-order valence-electron chi connectivity index (χ0n) is 18.7. The fraction of sp³-hybridized carbons (Fsp3) is 0.0714. The summed E-state index contributed by atoms with van der Waals surface area (Å²) >= 11 is 0. The van der Waals surface area contributed by atoms with Crippen molar-refractivity contribution in [2.24, 2.45) is 0 Å². The highest BCUT2D eigenvalue weighted by molar-refractivity contribution is 5.96. The van der Waals surface area contributed by atoms with Gasteiger partial charge < -0.3 is 4.42 Å². The van der Waals surface area contributed by atoms with Gasteiger partial charge in [-0.1, -0.05) is 97.1 Å². The lowest BCUT2D eigenvalue weighted by molar-refractivity contribution is -0.122. The van der Waals surface area contributed by atoms with E-state index >= 15 is 0 Å². The van der Waals surface area contributed by atoms with E-state index in [1.807, 2.05) is 91.9 Å². The number of nitrogens with zero attached hydrogens (tertiary/aromatic N) is 1. The Morgan fingerprint density at radius 1 is 0.971 bits per heavy atom. The Morgan fingerprint density at radius 2 is 1.59 bits per heavy atom. The van der Waals surface area contributed by atoms with Crippen molar-refractivity contribution in [3.8, 4) is 28.5 Å². The molecule has 0 radical (unpaired) electrons. The van der Waals surface area contributed by atoms with E-state index in [0.29, 0.717) is 17.0 Å². The largest absolute Gasteiger partial charge is 0.438 e. The van der Waals surface area contributed by atoms with Gasteiger partial charge in [-0.15, -0.1) is 0 Å². The highest BCUT2D eigenvalue weighted by Gasteiger charge is 2.24. The number of benzene rings is 3. The molecule has 4 aromatic rings. The maximum absolute atomic E-state index is 12.6. The van der Waals surface area contributed by atoms with Gasteiger partial charge >= 0.3 is 0 Å². The van der Waals surface area contributed by atoms with E-state index in [1.54, 1.807) is 0 Å². The van der Waals surface area contributed by atoms with Gasteiger partial charge in [0.25, 0.3) is 5.91 Å². The van der Waals surface area contributed by atoms with Crippen molar-refractivity contribution < 1.29 is 14.0 Å². The standard InChI is InChI=1S/C28H23N3O3/c1-19-13-15-21(16-14-19)20(2)31-33-18-25(32)30-28-24(17-29)26(22-9-5-3-6-10-22)27(34-28)23-11-7-4-8-12-23/h3-16,31H,2,18H2,1H3,(H,30,32). The van der Waals surface area contributed by atoms with Crippen LogP contribution in [0.25, 0.3) is 28.1 Å². The number of aryl methyl sites for hydroxylation is 1. The van der Waals surface area contributed by atoms with Gasteiger partial charge in [0, 0.05) is 11.1 Å². The Kier molecular flexibility index (Phi) is 6.87. The Hall–Kier alpha value is -4.60. The molecule has 0 saturated heterocycles. The predicted octanol–water partition coefficient (Wildman–Crippen LogP) is 5.92. The number of furan rings is 1. The second kappa shape index (κ2) is 10.3. The van der Waals surface area contributed by atoms with Crippen molar-refractivity contribution in [2.75, 3.05) is 11.9 Å². The van der Waals surface area contributed by atoms with Gasteiger partial charge in [-0.3, -0.25) is 20.4 Å². The summed E-state index contributed by atoms with van der Waals surface area (Å²) in [5.74, 6) is 0.102. The molecule has 3 aromatic carbocycles. The minimum absolute atomic E-state index is 0.0752. The molecule has 0 unspecified atom stereocenters. The summed E-state index contributed by atoms with van der Waals surface area (Å²) in [6.45, 7) is 5.61. The van der Waals surface area contributed by atoms with Crippen LogP contribution in [0.4, 0.5) is 5.88 Å². The zero-order valence-corrected chi connectivity index (χ0v) is 18.7. The molecule has 0 aliphatic heterocycles. The topological polar surface area (TPSA) is 87.3 Å². The molecule has 6 heteroatoms. The molecule has 0 atom stereocenters. The number of hydrogen-bond acceptors (Lipinski definition) is 5. The quantitative estimate of drug-likeness (QED) is 0.326. The van der Waals surface area contributed by atoms with Crippen molar-refractivity contribution in [2.45, 2.75) is 6.92 Å². The lowest BCUT2D eigenvalue weighted by Crippen LogP contribution is -2.23. The van der Waals surface area contributed by atoms with Crippen LogP contribution in [0.3, 0.4) is 0 Å². The molecule has 1 heterocycles. The SMILES string of the molecule is C=C(NOCC(=O)Nc1oc(-c2ccccc2)c(-c2ccccc2)c1C#N)c1ccc(C)cc1. The number of amides is 1. The smallest absolute Gasteiger partial charge is 0.255 e. The second-order valence-electron chi connectivity index (χ2n) is 7.64. The fourth-order valence-electron chi connectivity index (χ4n) is 3.46. The number of anilines is 1. The van der Waals surface area contributed by atoms with E-state index < -0.39 is 5.91 Å². The van der Waals surface area contributed by atoms with Crippen molar-refractivity contribution in [3.05, 3.63) is 108 Å². The Morgan fingerprint density at radius 3 is 2.21 bits per heavy atom. The molecular weight excluding hydrogens is 426 g/mol. The van der Waals surface area contributed by atoms with Crippen LogP contribution in [-0.2, 0) is 9.63 Å². The van der Waals surface area contributed by atoms with Crippen LogP contribution in [0.2, 0.25) is 0 Å². The monoisotopic (exact) mass is 449 g/mol. The van der Waals surface area contributed by atoms with Crippen LogP contribution in [0, 0.1) is 18.3 Å². The van der Waals surface area contributed by atoms with Gasteiger partial charge in [0.1, 0.15) is 17.4 Å². The third-order valence-corrected chi connectivity index (χ3v) is 5.17. The molecule has 0 bridgehead atoms. The van der Waals surface area contributed by atoms with E-state index in [1.165, 1.54) is 0 Å². The molecule has 2 N–H and O–H groups in total. The molecule has 34 heavy (non-hydrogen) atoms. The van der Waals surface area contributed by atoms with Gasteiger partial charge in [0.15, 0.2) is 6.61 Å². The van der Waals surface area contributed by atoms with Crippen molar-refractivity contribution >= 4 is 17.5 Å². The number of carbonyl (C=O) groups excluding carboxylic acids is 1. The molecule has 0 aliphatic carbocycles. The summed E-state index contributed by atoms with van der Waals surface area (Å²) in [5.41, 5.74) is 7.67. The summed E-state index contributed by atoms with van der Waals surface area (Å²) in [4.78, 5) is 17.9. The van der Waals surface area contributed by atoms with Gasteiger partial charge in [-0.05, 0) is 18.1 Å². The molecule has 0 aliphatic rings. The molecule has 1 aromatic heterocycles. The predicted molar refractivity (Wildman–Crippen MR) is 132 cm³/mol. The summed E-state index contributed by atoms with van der Waals surface area (Å²) in [7, 11) is 0. The molecule has 0 saturated carbocycles. The third kappa shape index (κ3) is 5.07. The number of hydrogen-bond donors (Lipinski definition) is 2. The van der Waals surface area contributed by atoms with Crippen LogP contribution in [0.1, 0.15) is 16.7 Å². The first-order valence-corrected chi connectivity index (χ1v) is 10.7. The van der Waals surface area contributed by atoms with Gasteiger partial charge in [-0.2, -0.15) is 5.26 Å². The van der Waals surface area contributed by atoms with E-state index in [-0.39, 0.29) is 18.1 Å². The first kappa shape index (κ1) is 22.6. The zero-order chi connectivity index (χ0) is 23.9. The van der Waals surface area contributed by atoms with Gasteiger partial charge in [0.05, 0.1) is 5.70 Å². The van der Waals surface area contributed by atoms with Crippen LogP contribution in [0.5, 0.6) is 0 Å². The normalized spacial score (nSPS) is 10.4. The summed E-state index contributed by atoms with van der Waals surface area (Å²) < 4.78 is 6.01. The first-order chi connectivity index (χ1) is 16.6.